The van der Waals surface area contributed by atoms with Gasteiger partial charge in [-0.2, -0.15) is 13.2 Å². The third-order valence-corrected chi connectivity index (χ3v) is 4.53. The number of ketones is 1. The highest BCUT2D eigenvalue weighted by atomic mass is 79.9. The van der Waals surface area contributed by atoms with Crippen LogP contribution in [-0.4, -0.2) is 16.9 Å². The number of hydrogen-bond acceptors (Lipinski definition) is 1. The molecule has 2 nitrogen and oxygen atoms in total. The van der Waals surface area contributed by atoms with E-state index in [0.29, 0.717) is 25.6 Å². The van der Waals surface area contributed by atoms with Gasteiger partial charge in [0, 0.05) is 25.4 Å². The number of nitrogens with one attached hydrogen (secondary N) is 1. The van der Waals surface area contributed by atoms with Crippen LogP contribution in [0, 0.1) is 0 Å². The van der Waals surface area contributed by atoms with Gasteiger partial charge in [-0.3, -0.25) is 4.79 Å². The lowest BCUT2D eigenvalue weighted by Crippen LogP contribution is -2.23. The zero-order valence-corrected chi connectivity index (χ0v) is 15.9. The van der Waals surface area contributed by atoms with Crippen LogP contribution in [0.1, 0.15) is 21.6 Å². The molecule has 1 N–H and O–H groups in total. The lowest BCUT2D eigenvalue weighted by molar-refractivity contribution is -0.0884. The van der Waals surface area contributed by atoms with Crippen molar-refractivity contribution in [1.29, 1.82) is 0 Å². The van der Waals surface area contributed by atoms with Crippen molar-refractivity contribution in [3.8, 4) is 0 Å². The number of carbonyl (C=O) groups is 1. The van der Waals surface area contributed by atoms with E-state index in [0.717, 1.165) is 0 Å². The minimum absolute atomic E-state index is 0.0523. The van der Waals surface area contributed by atoms with Crippen molar-refractivity contribution in [1.82, 2.24) is 4.98 Å². The number of halogens is 6. The maximum absolute atomic E-state index is 13.0. The number of hydrogen-bond donors (Lipinski definition) is 1. The quantitative estimate of drug-likeness (QED) is 0.412. The van der Waals surface area contributed by atoms with Gasteiger partial charge in [0.2, 0.25) is 0 Å². The summed E-state index contributed by atoms with van der Waals surface area (Å²) in [5.41, 5.74) is 0.629. The minimum atomic E-state index is -4.98. The summed E-state index contributed by atoms with van der Waals surface area (Å²) in [6.07, 6.45) is -2.05. The zero-order valence-electron chi connectivity index (χ0n) is 12.8. The number of aromatic nitrogens is 1. The third-order valence-electron chi connectivity index (χ3n) is 3.60. The van der Waals surface area contributed by atoms with Crippen LogP contribution in [0.2, 0.25) is 10.0 Å². The molecule has 26 heavy (non-hydrogen) atoms. The SMILES string of the molecule is O=C(c1c(C=Cc2cc(Cl)cc(Cl)c2)[nH]c2cc(Br)ccc12)C(F)(F)F. The van der Waals surface area contributed by atoms with Crippen molar-refractivity contribution < 1.29 is 18.0 Å². The Morgan fingerprint density at radius 2 is 1.69 bits per heavy atom. The molecule has 0 saturated carbocycles. The molecule has 0 fully saturated rings. The van der Waals surface area contributed by atoms with Gasteiger partial charge in [-0.1, -0.05) is 51.3 Å². The van der Waals surface area contributed by atoms with E-state index in [9.17, 15) is 18.0 Å². The molecule has 3 aromatic rings. The van der Waals surface area contributed by atoms with Gasteiger partial charge in [0.05, 0.1) is 11.3 Å². The van der Waals surface area contributed by atoms with Crippen LogP contribution in [0.3, 0.4) is 0 Å². The second kappa shape index (κ2) is 7.10. The van der Waals surface area contributed by atoms with Gasteiger partial charge >= 0.3 is 6.18 Å². The first-order valence-corrected chi connectivity index (χ1v) is 8.77. The molecule has 0 radical (unpaired) electrons. The van der Waals surface area contributed by atoms with Crippen molar-refractivity contribution in [2.45, 2.75) is 6.18 Å². The molecule has 1 aromatic heterocycles. The normalized spacial score (nSPS) is 12.2. The lowest BCUT2D eigenvalue weighted by atomic mass is 10.0. The molecular weight excluding hydrogens is 454 g/mol. The predicted molar refractivity (Wildman–Crippen MR) is 102 cm³/mol. The fourth-order valence-corrected chi connectivity index (χ4v) is 3.46. The minimum Gasteiger partial charge on any atom is -0.354 e. The summed E-state index contributed by atoms with van der Waals surface area (Å²) in [5.74, 6) is -1.91. The summed E-state index contributed by atoms with van der Waals surface area (Å²) in [7, 11) is 0. The molecule has 1 heterocycles. The smallest absolute Gasteiger partial charge is 0.354 e. The molecule has 0 atom stereocenters. The largest absolute Gasteiger partial charge is 0.454 e. The van der Waals surface area contributed by atoms with Crippen molar-refractivity contribution in [2.75, 3.05) is 0 Å². The van der Waals surface area contributed by atoms with E-state index in [2.05, 4.69) is 20.9 Å². The molecule has 3 rings (SSSR count). The number of aromatic amines is 1. The Morgan fingerprint density at radius 3 is 2.31 bits per heavy atom. The summed E-state index contributed by atoms with van der Waals surface area (Å²) >= 11 is 15.1. The highest BCUT2D eigenvalue weighted by Gasteiger charge is 2.41. The number of alkyl halides is 3. The van der Waals surface area contributed by atoms with E-state index in [4.69, 9.17) is 23.2 Å². The van der Waals surface area contributed by atoms with E-state index in [-0.39, 0.29) is 11.1 Å². The second-order valence-electron chi connectivity index (χ2n) is 5.47. The molecule has 2 aromatic carbocycles. The number of benzene rings is 2. The van der Waals surface area contributed by atoms with Crippen LogP contribution in [-0.2, 0) is 0 Å². The highest BCUT2D eigenvalue weighted by molar-refractivity contribution is 9.10. The number of carbonyl (C=O) groups excluding carboxylic acids is 1. The molecule has 134 valence electrons. The highest BCUT2D eigenvalue weighted by Crippen LogP contribution is 2.32. The van der Waals surface area contributed by atoms with Crippen LogP contribution in [0.15, 0.2) is 40.9 Å². The first kappa shape index (κ1) is 19.0. The number of fused-ring (bicyclic) bond motifs is 1. The lowest BCUT2D eigenvalue weighted by Gasteiger charge is -2.05. The predicted octanol–water partition coefficient (Wildman–Crippen LogP) is 7.15. The van der Waals surface area contributed by atoms with E-state index in [1.165, 1.54) is 18.2 Å². The van der Waals surface area contributed by atoms with Crippen molar-refractivity contribution in [3.05, 3.63) is 67.7 Å². The van der Waals surface area contributed by atoms with Gasteiger partial charge in [-0.25, -0.2) is 0 Å². The maximum Gasteiger partial charge on any atom is 0.454 e. The summed E-state index contributed by atoms with van der Waals surface area (Å²) in [6, 6.07) is 9.40. The molecule has 0 amide bonds. The first-order valence-electron chi connectivity index (χ1n) is 7.22. The van der Waals surface area contributed by atoms with Gasteiger partial charge < -0.3 is 4.98 Å². The topological polar surface area (TPSA) is 32.9 Å². The van der Waals surface area contributed by atoms with Crippen molar-refractivity contribution in [2.24, 2.45) is 0 Å². The molecule has 0 aliphatic heterocycles. The third kappa shape index (κ3) is 3.98. The Kier molecular flexibility index (Phi) is 5.19. The Bertz CT molecular complexity index is 1020. The summed E-state index contributed by atoms with van der Waals surface area (Å²) in [4.78, 5) is 14.8. The van der Waals surface area contributed by atoms with Crippen LogP contribution >= 0.6 is 39.1 Å². The summed E-state index contributed by atoms with van der Waals surface area (Å²) in [6.45, 7) is 0. The van der Waals surface area contributed by atoms with Crippen LogP contribution in [0.4, 0.5) is 13.2 Å². The Hall–Kier alpha value is -1.76. The molecule has 0 unspecified atom stereocenters. The Balaban J connectivity index is 2.15. The number of H-pyrrole nitrogens is 1. The van der Waals surface area contributed by atoms with Gasteiger partial charge in [-0.15, -0.1) is 0 Å². The molecule has 0 saturated heterocycles. The Morgan fingerprint density at radius 1 is 1.04 bits per heavy atom. The maximum atomic E-state index is 13.0. The van der Waals surface area contributed by atoms with Crippen molar-refractivity contribution >= 4 is 68.0 Å². The first-order chi connectivity index (χ1) is 12.1. The summed E-state index contributed by atoms with van der Waals surface area (Å²) in [5, 5.41) is 0.980. The van der Waals surface area contributed by atoms with E-state index in [1.54, 1.807) is 30.3 Å². The van der Waals surface area contributed by atoms with Crippen molar-refractivity contribution in [3.63, 3.8) is 0 Å². The van der Waals surface area contributed by atoms with E-state index in [1.807, 2.05) is 0 Å². The molecule has 8 heteroatoms. The van der Waals surface area contributed by atoms with E-state index >= 15 is 0 Å². The molecular formula is C18H9BrCl2F3NO. The van der Waals surface area contributed by atoms with Crippen LogP contribution < -0.4 is 0 Å². The molecule has 0 bridgehead atoms. The van der Waals surface area contributed by atoms with Crippen LogP contribution in [0.25, 0.3) is 23.1 Å². The van der Waals surface area contributed by atoms with E-state index < -0.39 is 17.5 Å². The standard InChI is InChI=1S/C18H9BrCl2F3NO/c19-10-2-3-13-15(7-10)25-14(16(13)17(26)18(22,23)24)4-1-9-5-11(20)8-12(21)6-9/h1-8,25H. The average molecular weight is 463 g/mol. The number of rotatable bonds is 3. The second-order valence-corrected chi connectivity index (χ2v) is 7.26. The Labute approximate surface area is 164 Å². The summed E-state index contributed by atoms with van der Waals surface area (Å²) < 4.78 is 39.8. The molecule has 0 aliphatic rings. The van der Waals surface area contributed by atoms with Gasteiger partial charge in [-0.05, 0) is 42.0 Å². The van der Waals surface area contributed by atoms with Gasteiger partial charge in [0.1, 0.15) is 0 Å². The average Bonchev–Trinajstić information content (AvgIpc) is 2.87. The monoisotopic (exact) mass is 461 g/mol. The van der Waals surface area contributed by atoms with Crippen LogP contribution in [0.5, 0.6) is 0 Å². The zero-order chi connectivity index (χ0) is 19.1. The molecule has 0 aliphatic carbocycles. The number of Topliss-reactive ketones (excluding diaryl/α,β-unsaturated/α-hetero) is 1. The van der Waals surface area contributed by atoms with Gasteiger partial charge in [0.15, 0.2) is 0 Å². The fraction of sp³-hybridized carbons (Fsp3) is 0.0556. The van der Waals surface area contributed by atoms with Gasteiger partial charge in [0.25, 0.3) is 5.78 Å². The molecule has 0 spiro atoms. The fourth-order valence-electron chi connectivity index (χ4n) is 2.55.